The van der Waals surface area contributed by atoms with Crippen molar-refractivity contribution in [2.45, 2.75) is 45.4 Å². The smallest absolute Gasteiger partial charge is 0.00351 e. The van der Waals surface area contributed by atoms with Crippen LogP contribution in [0.4, 0.5) is 0 Å². The third-order valence-corrected chi connectivity index (χ3v) is 5.31. The molecular formula is C14H26ClN. The average Bonchev–Trinajstić information content (AvgIpc) is 2.14. The van der Waals surface area contributed by atoms with Gasteiger partial charge < -0.3 is 4.90 Å². The summed E-state index contributed by atoms with van der Waals surface area (Å²) in [5.74, 6) is 3.34. The summed E-state index contributed by atoms with van der Waals surface area (Å²) in [6.07, 6.45) is 9.41. The highest BCUT2D eigenvalue weighted by Crippen LogP contribution is 2.60. The molecule has 4 saturated carbocycles. The minimum atomic E-state index is 0. The van der Waals surface area contributed by atoms with Crippen molar-refractivity contribution in [3.63, 3.8) is 0 Å². The molecule has 0 radical (unpaired) electrons. The Balaban J connectivity index is 0.000000963. The second kappa shape index (κ2) is 4.49. The van der Waals surface area contributed by atoms with Gasteiger partial charge in [0, 0.05) is 6.54 Å². The predicted octanol–water partition coefficient (Wildman–Crippen LogP) is 3.58. The van der Waals surface area contributed by atoms with E-state index in [1.807, 2.05) is 0 Å². The summed E-state index contributed by atoms with van der Waals surface area (Å²) in [5, 5.41) is 0. The molecule has 0 amide bonds. The Hall–Kier alpha value is 0.250. The predicted molar refractivity (Wildman–Crippen MR) is 71.0 cm³/mol. The lowest BCUT2D eigenvalue weighted by molar-refractivity contribution is -0.0656. The molecule has 0 aromatic heterocycles. The molecule has 0 saturated heterocycles. The van der Waals surface area contributed by atoms with Crippen LogP contribution in [-0.2, 0) is 0 Å². The molecule has 4 rings (SSSR count). The van der Waals surface area contributed by atoms with Gasteiger partial charge in [0.1, 0.15) is 0 Å². The van der Waals surface area contributed by atoms with Crippen LogP contribution in [-0.4, -0.2) is 25.0 Å². The Kier molecular flexibility index (Phi) is 3.57. The van der Waals surface area contributed by atoms with Crippen molar-refractivity contribution in [3.8, 4) is 0 Å². The van der Waals surface area contributed by atoms with E-state index < -0.39 is 0 Å². The van der Waals surface area contributed by atoms with Crippen LogP contribution in [0.25, 0.3) is 0 Å². The van der Waals surface area contributed by atoms with Gasteiger partial charge in [-0.05, 0) is 75.3 Å². The minimum absolute atomic E-state index is 0. The van der Waals surface area contributed by atoms with E-state index >= 15 is 0 Å². The highest BCUT2D eigenvalue weighted by Gasteiger charge is 2.50. The van der Waals surface area contributed by atoms with Crippen molar-refractivity contribution in [2.24, 2.45) is 23.2 Å². The summed E-state index contributed by atoms with van der Waals surface area (Å²) in [5.41, 5.74) is 0.750. The monoisotopic (exact) mass is 243 g/mol. The van der Waals surface area contributed by atoms with Gasteiger partial charge in [0.25, 0.3) is 0 Å². The van der Waals surface area contributed by atoms with E-state index in [2.05, 4.69) is 18.9 Å². The van der Waals surface area contributed by atoms with Crippen LogP contribution in [0.15, 0.2) is 0 Å². The zero-order valence-corrected chi connectivity index (χ0v) is 11.6. The summed E-state index contributed by atoms with van der Waals surface area (Å²) in [6, 6.07) is 0. The third kappa shape index (κ3) is 2.13. The topological polar surface area (TPSA) is 3.24 Å². The molecule has 0 N–H and O–H groups in total. The fourth-order valence-electron chi connectivity index (χ4n) is 5.17. The Morgan fingerprint density at radius 1 is 1.00 bits per heavy atom. The molecular weight excluding hydrogens is 218 g/mol. The minimum Gasteiger partial charge on any atom is -0.306 e. The average molecular weight is 244 g/mol. The largest absolute Gasteiger partial charge is 0.306 e. The number of halogens is 1. The van der Waals surface area contributed by atoms with Gasteiger partial charge in [-0.3, -0.25) is 0 Å². The zero-order chi connectivity index (χ0) is 10.5. The van der Waals surface area contributed by atoms with E-state index in [9.17, 15) is 0 Å². The zero-order valence-electron chi connectivity index (χ0n) is 10.7. The van der Waals surface area contributed by atoms with Crippen molar-refractivity contribution >= 4 is 12.4 Å². The second-order valence-corrected chi connectivity index (χ2v) is 6.75. The molecule has 0 spiro atoms. The van der Waals surface area contributed by atoms with Crippen LogP contribution in [0.3, 0.4) is 0 Å². The lowest BCUT2D eigenvalue weighted by Gasteiger charge is -2.57. The molecule has 4 aliphatic carbocycles. The van der Waals surface area contributed by atoms with Gasteiger partial charge in [0.05, 0.1) is 0 Å². The first-order valence-electron chi connectivity index (χ1n) is 6.88. The SMILES string of the molecule is CCN(C)CC12CC3CC(CC(C3)C1)C2.Cl. The highest BCUT2D eigenvalue weighted by molar-refractivity contribution is 5.85. The third-order valence-electron chi connectivity index (χ3n) is 5.31. The highest BCUT2D eigenvalue weighted by atomic mass is 35.5. The van der Waals surface area contributed by atoms with Crippen molar-refractivity contribution in [1.82, 2.24) is 4.90 Å². The molecule has 0 aromatic carbocycles. The fraction of sp³-hybridized carbons (Fsp3) is 1.00. The van der Waals surface area contributed by atoms with Crippen LogP contribution < -0.4 is 0 Å². The normalized spacial score (nSPS) is 44.8. The summed E-state index contributed by atoms with van der Waals surface area (Å²) in [4.78, 5) is 2.55. The Bertz CT molecular complexity index is 216. The first kappa shape index (κ1) is 12.7. The quantitative estimate of drug-likeness (QED) is 0.733. The summed E-state index contributed by atoms with van der Waals surface area (Å²) in [7, 11) is 2.30. The van der Waals surface area contributed by atoms with E-state index in [0.717, 1.165) is 23.2 Å². The van der Waals surface area contributed by atoms with Crippen LogP contribution in [0.2, 0.25) is 0 Å². The van der Waals surface area contributed by atoms with Crippen molar-refractivity contribution < 1.29 is 0 Å². The van der Waals surface area contributed by atoms with Crippen molar-refractivity contribution in [2.75, 3.05) is 20.1 Å². The molecule has 0 unspecified atom stereocenters. The van der Waals surface area contributed by atoms with Gasteiger partial charge in [-0.1, -0.05) is 6.92 Å². The maximum atomic E-state index is 2.55. The summed E-state index contributed by atoms with van der Waals surface area (Å²) in [6.45, 7) is 4.90. The van der Waals surface area contributed by atoms with Crippen LogP contribution in [0.1, 0.15) is 45.4 Å². The molecule has 0 aromatic rings. The second-order valence-electron chi connectivity index (χ2n) is 6.75. The Morgan fingerprint density at radius 2 is 1.44 bits per heavy atom. The number of hydrogen-bond donors (Lipinski definition) is 0. The van der Waals surface area contributed by atoms with E-state index in [4.69, 9.17) is 0 Å². The standard InChI is InChI=1S/C14H25N.ClH/c1-3-15(2)10-14-7-11-4-12(8-14)6-13(5-11)9-14;/h11-13H,3-10H2,1-2H3;1H. The van der Waals surface area contributed by atoms with Gasteiger partial charge in [0.15, 0.2) is 0 Å². The molecule has 0 heterocycles. The van der Waals surface area contributed by atoms with E-state index in [-0.39, 0.29) is 12.4 Å². The van der Waals surface area contributed by atoms with Crippen molar-refractivity contribution in [1.29, 1.82) is 0 Å². The Morgan fingerprint density at radius 3 is 1.81 bits per heavy atom. The first-order valence-corrected chi connectivity index (χ1v) is 6.88. The molecule has 16 heavy (non-hydrogen) atoms. The first-order chi connectivity index (χ1) is 7.19. The molecule has 4 fully saturated rings. The van der Waals surface area contributed by atoms with Gasteiger partial charge in [-0.25, -0.2) is 0 Å². The molecule has 2 heteroatoms. The maximum absolute atomic E-state index is 2.55. The molecule has 1 nitrogen and oxygen atoms in total. The van der Waals surface area contributed by atoms with E-state index in [1.165, 1.54) is 13.1 Å². The van der Waals surface area contributed by atoms with Crippen LogP contribution in [0, 0.1) is 23.2 Å². The van der Waals surface area contributed by atoms with E-state index in [0.29, 0.717) is 0 Å². The van der Waals surface area contributed by atoms with E-state index in [1.54, 1.807) is 38.5 Å². The lowest BCUT2D eigenvalue weighted by Crippen LogP contribution is -2.50. The summed E-state index contributed by atoms with van der Waals surface area (Å²) < 4.78 is 0. The molecule has 0 aliphatic heterocycles. The van der Waals surface area contributed by atoms with Crippen molar-refractivity contribution in [3.05, 3.63) is 0 Å². The van der Waals surface area contributed by atoms with Gasteiger partial charge in [0.2, 0.25) is 0 Å². The Labute approximate surface area is 106 Å². The molecule has 0 atom stereocenters. The fourth-order valence-corrected chi connectivity index (χ4v) is 5.17. The van der Waals surface area contributed by atoms with Crippen LogP contribution >= 0.6 is 12.4 Å². The molecule has 4 bridgehead atoms. The van der Waals surface area contributed by atoms with Crippen LogP contribution in [0.5, 0.6) is 0 Å². The number of nitrogens with zero attached hydrogens (tertiary/aromatic N) is 1. The number of hydrogen-bond acceptors (Lipinski definition) is 1. The van der Waals surface area contributed by atoms with Gasteiger partial charge in [-0.15, -0.1) is 12.4 Å². The number of rotatable bonds is 3. The molecule has 94 valence electrons. The maximum Gasteiger partial charge on any atom is 0.00351 e. The van der Waals surface area contributed by atoms with Gasteiger partial charge in [-0.2, -0.15) is 0 Å². The summed E-state index contributed by atoms with van der Waals surface area (Å²) >= 11 is 0. The lowest BCUT2D eigenvalue weighted by atomic mass is 9.49. The van der Waals surface area contributed by atoms with Gasteiger partial charge >= 0.3 is 0 Å². The molecule has 4 aliphatic rings.